The number of nitrogens with zero attached hydrogens (tertiary/aromatic N) is 2. The highest BCUT2D eigenvalue weighted by Gasteiger charge is 2.33. The van der Waals surface area contributed by atoms with E-state index >= 15 is 0 Å². The Morgan fingerprint density at radius 2 is 1.26 bits per heavy atom. The number of hydrogen-bond donors (Lipinski definition) is 1. The van der Waals surface area contributed by atoms with E-state index in [1.54, 1.807) is 34.9 Å². The zero-order valence-electron chi connectivity index (χ0n) is 19.2. The highest BCUT2D eigenvalue weighted by atomic mass is 79.9. The summed E-state index contributed by atoms with van der Waals surface area (Å²) in [5.41, 5.74) is 1.34. The first-order valence-electron chi connectivity index (χ1n) is 11.7. The fourth-order valence-electron chi connectivity index (χ4n) is 6.20. The lowest BCUT2D eigenvalue weighted by molar-refractivity contribution is 0.151. The van der Waals surface area contributed by atoms with Gasteiger partial charge in [0.05, 0.1) is 20.9 Å². The van der Waals surface area contributed by atoms with Crippen molar-refractivity contribution in [3.8, 4) is 11.4 Å². The van der Waals surface area contributed by atoms with E-state index in [0.29, 0.717) is 80.3 Å². The van der Waals surface area contributed by atoms with Crippen molar-refractivity contribution in [2.75, 3.05) is 0 Å². The molecular weight excluding hydrogens is 710 g/mol. The largest absolute Gasteiger partial charge is 0.369 e. The van der Waals surface area contributed by atoms with Crippen LogP contribution in [0.4, 0.5) is 0 Å². The molecule has 1 unspecified atom stereocenters. The zero-order valence-corrected chi connectivity index (χ0v) is 25.4. The number of rotatable bonds is 0. The number of aliphatic hydroxyl groups is 1. The normalized spacial score (nSPS) is 14.9. The molecule has 8 rings (SSSR count). The van der Waals surface area contributed by atoms with Gasteiger partial charge in [-0.25, -0.2) is 0 Å². The molecule has 4 nitrogen and oxygen atoms in total. The van der Waals surface area contributed by atoms with Crippen LogP contribution < -0.4 is 5.56 Å². The Kier molecular flexibility index (Phi) is 5.18. The number of hydrogen-bond acceptors (Lipinski definition) is 3. The summed E-state index contributed by atoms with van der Waals surface area (Å²) in [6.45, 7) is 0. The molecule has 1 N–H and O–H groups in total. The van der Waals surface area contributed by atoms with Crippen molar-refractivity contribution in [1.82, 2.24) is 9.55 Å². The van der Waals surface area contributed by atoms with Crippen molar-refractivity contribution < 1.29 is 5.11 Å². The van der Waals surface area contributed by atoms with Crippen molar-refractivity contribution >= 4 is 132 Å². The zero-order chi connectivity index (χ0) is 27.1. The van der Waals surface area contributed by atoms with E-state index in [1.807, 2.05) is 18.2 Å². The number of para-hydroxylation sites is 1. The fraction of sp³-hybridized carbons (Fsp3) is 0.0345. The summed E-state index contributed by atoms with van der Waals surface area (Å²) in [6, 6.07) is 14.3. The Morgan fingerprint density at radius 1 is 0.718 bits per heavy atom. The first-order valence-corrected chi connectivity index (χ1v) is 14.8. The second-order valence-corrected chi connectivity index (χ2v) is 12.9. The van der Waals surface area contributed by atoms with Crippen molar-refractivity contribution in [2.45, 2.75) is 6.23 Å². The van der Waals surface area contributed by atoms with Crippen LogP contribution in [0.5, 0.6) is 0 Å². The van der Waals surface area contributed by atoms with E-state index < -0.39 is 11.8 Å². The fourth-order valence-corrected chi connectivity index (χ4v) is 9.21. The SMILES string of the molecule is O=c1nc2n(c3ccccc13)C(O)c1cc(Cl)c3c4c(Cl)cc(Br)c5c(Br)cc(Cl)c(c6c(Cl)cc-2c1c63)c54. The predicted octanol–water partition coefficient (Wildman–Crippen LogP) is 10.1. The molecule has 0 aliphatic carbocycles. The molecule has 1 aromatic heterocycles. The van der Waals surface area contributed by atoms with Gasteiger partial charge in [-0.1, -0.05) is 90.4 Å². The van der Waals surface area contributed by atoms with E-state index in [-0.39, 0.29) is 0 Å². The second-order valence-electron chi connectivity index (χ2n) is 9.54. The Hall–Kier alpha value is -2.16. The third-order valence-corrected chi connectivity index (χ3v) is 10.1. The van der Waals surface area contributed by atoms with Crippen LogP contribution in [0.15, 0.2) is 62.3 Å². The second kappa shape index (κ2) is 8.20. The Balaban J connectivity index is 1.72. The smallest absolute Gasteiger partial charge is 0.281 e. The molecule has 0 saturated carbocycles. The summed E-state index contributed by atoms with van der Waals surface area (Å²) in [4.78, 5) is 17.5. The molecule has 10 heteroatoms. The van der Waals surface area contributed by atoms with Gasteiger partial charge in [-0.15, -0.1) is 0 Å². The minimum absolute atomic E-state index is 0.320. The minimum Gasteiger partial charge on any atom is -0.369 e. The highest BCUT2D eigenvalue weighted by Crippen LogP contribution is 2.55. The summed E-state index contributed by atoms with van der Waals surface area (Å²) in [5.74, 6) is 0.320. The maximum absolute atomic E-state index is 13.1. The Bertz CT molecular complexity index is 2290. The van der Waals surface area contributed by atoms with Crippen LogP contribution in [0.25, 0.3) is 65.4 Å². The summed E-state index contributed by atoms with van der Waals surface area (Å²) in [5, 5.41) is 19.8. The van der Waals surface area contributed by atoms with Crippen LogP contribution in [0, 0.1) is 0 Å². The van der Waals surface area contributed by atoms with Gasteiger partial charge in [0.25, 0.3) is 5.56 Å². The average molecular weight is 720 g/mol. The van der Waals surface area contributed by atoms with E-state index in [2.05, 4.69) is 36.8 Å². The molecular formula is C29H10Br2Cl4N2O2. The van der Waals surface area contributed by atoms with Crippen LogP contribution in [-0.2, 0) is 0 Å². The van der Waals surface area contributed by atoms with Gasteiger partial charge in [-0.3, -0.25) is 9.36 Å². The average Bonchev–Trinajstić information content (AvgIpc) is 2.89. The lowest BCUT2D eigenvalue weighted by Gasteiger charge is -2.30. The molecule has 39 heavy (non-hydrogen) atoms. The van der Waals surface area contributed by atoms with Gasteiger partial charge >= 0.3 is 0 Å². The van der Waals surface area contributed by atoms with Crippen molar-refractivity contribution in [2.24, 2.45) is 0 Å². The summed E-state index contributed by atoms with van der Waals surface area (Å²) >= 11 is 35.3. The first-order chi connectivity index (χ1) is 18.7. The molecule has 7 aromatic rings. The van der Waals surface area contributed by atoms with Gasteiger partial charge in [-0.05, 0) is 36.4 Å². The maximum Gasteiger partial charge on any atom is 0.281 e. The summed E-state index contributed by atoms with van der Waals surface area (Å²) in [7, 11) is 0. The van der Waals surface area contributed by atoms with Gasteiger partial charge in [0.1, 0.15) is 5.82 Å². The minimum atomic E-state index is -1.16. The summed E-state index contributed by atoms with van der Waals surface area (Å²) < 4.78 is 3.23. The number of aliphatic hydroxyl groups excluding tert-OH is 1. The van der Waals surface area contributed by atoms with Gasteiger partial charge in [0.2, 0.25) is 0 Å². The Labute approximate surface area is 256 Å². The summed E-state index contributed by atoms with van der Waals surface area (Å²) in [6.07, 6.45) is -1.16. The van der Waals surface area contributed by atoms with Crippen molar-refractivity contribution in [3.05, 3.63) is 93.5 Å². The van der Waals surface area contributed by atoms with Crippen LogP contribution in [0.2, 0.25) is 20.1 Å². The molecule has 1 atom stereocenters. The van der Waals surface area contributed by atoms with Crippen LogP contribution in [0.1, 0.15) is 11.8 Å². The lowest BCUT2D eigenvalue weighted by atomic mass is 9.84. The molecule has 190 valence electrons. The molecule has 0 saturated heterocycles. The molecule has 0 radical (unpaired) electrons. The molecule has 2 heterocycles. The molecule has 1 aliphatic heterocycles. The van der Waals surface area contributed by atoms with E-state index in [0.717, 1.165) is 19.7 Å². The Morgan fingerprint density at radius 3 is 1.90 bits per heavy atom. The topological polar surface area (TPSA) is 55.1 Å². The molecule has 0 spiro atoms. The lowest BCUT2D eigenvalue weighted by Crippen LogP contribution is -2.24. The molecule has 1 aliphatic rings. The van der Waals surface area contributed by atoms with Crippen LogP contribution >= 0.6 is 78.3 Å². The number of aromatic nitrogens is 2. The first kappa shape index (κ1) is 24.6. The third kappa shape index (κ3) is 3.01. The molecule has 0 amide bonds. The van der Waals surface area contributed by atoms with Gasteiger partial charge in [0, 0.05) is 73.2 Å². The number of halogens is 6. The van der Waals surface area contributed by atoms with E-state index in [1.165, 1.54) is 0 Å². The monoisotopic (exact) mass is 716 g/mol. The van der Waals surface area contributed by atoms with Crippen LogP contribution in [0.3, 0.4) is 0 Å². The van der Waals surface area contributed by atoms with Crippen molar-refractivity contribution in [1.29, 1.82) is 0 Å². The standard InChI is InChI=1S/C29H10Br2Cl4N2O2/c30-12-7-16(34)23-21-14(32)5-10-19-11(29(39)37-18-4-2-1-3-9(18)28(38)36-27(10)37)6-15(33)22(25(19)21)24-17(35)8-13(31)20(12)26(23)24/h1-8,29,39H. The van der Waals surface area contributed by atoms with Crippen molar-refractivity contribution in [3.63, 3.8) is 0 Å². The third-order valence-electron chi connectivity index (χ3n) is 7.64. The highest BCUT2D eigenvalue weighted by molar-refractivity contribution is 9.11. The number of benzene rings is 6. The van der Waals surface area contributed by atoms with E-state index in [4.69, 9.17) is 46.4 Å². The quantitative estimate of drug-likeness (QED) is 0.125. The molecule has 0 bridgehead atoms. The number of fused-ring (bicyclic) bond motifs is 6. The van der Waals surface area contributed by atoms with Gasteiger partial charge in [0.15, 0.2) is 6.23 Å². The van der Waals surface area contributed by atoms with Gasteiger partial charge < -0.3 is 5.11 Å². The molecule has 6 aromatic carbocycles. The maximum atomic E-state index is 13.1. The van der Waals surface area contributed by atoms with Crippen LogP contribution in [-0.4, -0.2) is 14.7 Å². The van der Waals surface area contributed by atoms with Gasteiger partial charge in [-0.2, -0.15) is 4.98 Å². The predicted molar refractivity (Wildman–Crippen MR) is 168 cm³/mol. The van der Waals surface area contributed by atoms with E-state index in [9.17, 15) is 9.90 Å². The molecule has 0 fully saturated rings.